The van der Waals surface area contributed by atoms with Crippen LogP contribution in [0.5, 0.6) is 0 Å². The molecule has 0 atom stereocenters. The normalized spacial score (nSPS) is 8.15. The van der Waals surface area contributed by atoms with Crippen LogP contribution in [0.15, 0.2) is 30.3 Å². The Labute approximate surface area is 77.4 Å². The lowest BCUT2D eigenvalue weighted by molar-refractivity contribution is 0.248. The average Bonchev–Trinajstić information content (AvgIpc) is 2.19. The number of amides is 2. The van der Waals surface area contributed by atoms with Crippen LogP contribution >= 0.6 is 0 Å². The molecule has 2 amide bonds. The molecule has 0 unspecified atom stereocenters. The van der Waals surface area contributed by atoms with Crippen LogP contribution < -0.4 is 11.1 Å². The van der Waals surface area contributed by atoms with Crippen LogP contribution in [0.25, 0.3) is 0 Å². The molecule has 0 spiro atoms. The van der Waals surface area contributed by atoms with Gasteiger partial charge in [-0.2, -0.15) is 0 Å². The van der Waals surface area contributed by atoms with E-state index in [0.29, 0.717) is 6.54 Å². The van der Waals surface area contributed by atoms with Gasteiger partial charge in [0.2, 0.25) is 0 Å². The molecule has 0 aliphatic rings. The van der Waals surface area contributed by atoms with Gasteiger partial charge in [0.15, 0.2) is 0 Å². The first-order chi connectivity index (χ1) is 6.29. The summed E-state index contributed by atoms with van der Waals surface area (Å²) < 4.78 is 0. The predicted molar refractivity (Wildman–Crippen MR) is 51.0 cm³/mol. The zero-order valence-corrected chi connectivity index (χ0v) is 7.53. The second kappa shape index (κ2) is 7.12. The van der Waals surface area contributed by atoms with Gasteiger partial charge in [0.25, 0.3) is 0 Å². The maximum absolute atomic E-state index is 10.3. The van der Waals surface area contributed by atoms with Crippen LogP contribution in [0, 0.1) is 0 Å². The number of hydrogen-bond donors (Lipinski definition) is 3. The number of carbonyl (C=O) groups is 1. The second-order valence-corrected chi connectivity index (χ2v) is 2.20. The molecule has 0 saturated carbocycles. The van der Waals surface area contributed by atoms with Gasteiger partial charge >= 0.3 is 6.03 Å². The molecule has 13 heavy (non-hydrogen) atoms. The van der Waals surface area contributed by atoms with Crippen molar-refractivity contribution < 1.29 is 9.90 Å². The molecule has 4 heteroatoms. The third-order valence-corrected chi connectivity index (χ3v) is 1.31. The van der Waals surface area contributed by atoms with Gasteiger partial charge in [0.1, 0.15) is 0 Å². The van der Waals surface area contributed by atoms with Crippen molar-refractivity contribution in [1.82, 2.24) is 5.32 Å². The molecule has 0 aromatic heterocycles. The Morgan fingerprint density at radius 1 is 1.38 bits per heavy atom. The fourth-order valence-corrected chi connectivity index (χ4v) is 0.785. The summed E-state index contributed by atoms with van der Waals surface area (Å²) in [5.41, 5.74) is 5.94. The molecule has 1 aromatic carbocycles. The first-order valence-corrected chi connectivity index (χ1v) is 3.81. The van der Waals surface area contributed by atoms with Crippen molar-refractivity contribution in [1.29, 1.82) is 0 Å². The Bertz CT molecular complexity index is 237. The molecule has 1 rings (SSSR count). The van der Waals surface area contributed by atoms with Gasteiger partial charge < -0.3 is 16.2 Å². The number of primary amides is 1. The van der Waals surface area contributed by atoms with Crippen LogP contribution in [0.1, 0.15) is 5.56 Å². The molecule has 4 nitrogen and oxygen atoms in total. The van der Waals surface area contributed by atoms with Crippen LogP contribution in [0.3, 0.4) is 0 Å². The molecule has 0 radical (unpaired) electrons. The summed E-state index contributed by atoms with van der Waals surface area (Å²) in [6.07, 6.45) is 0. The van der Waals surface area contributed by atoms with Crippen molar-refractivity contribution in [2.24, 2.45) is 5.73 Å². The Balaban J connectivity index is 0.000000671. The average molecular weight is 182 g/mol. The Morgan fingerprint density at radius 2 is 1.92 bits per heavy atom. The number of nitrogens with two attached hydrogens (primary N) is 1. The first-order valence-electron chi connectivity index (χ1n) is 3.81. The maximum atomic E-state index is 10.3. The van der Waals surface area contributed by atoms with Crippen LogP contribution in [0.4, 0.5) is 4.79 Å². The molecule has 0 aliphatic carbocycles. The summed E-state index contributed by atoms with van der Waals surface area (Å²) in [4.78, 5) is 10.3. The highest BCUT2D eigenvalue weighted by Gasteiger charge is 1.91. The van der Waals surface area contributed by atoms with Gasteiger partial charge in [-0.05, 0) is 5.56 Å². The van der Waals surface area contributed by atoms with Crippen LogP contribution in [-0.2, 0) is 6.54 Å². The summed E-state index contributed by atoms with van der Waals surface area (Å²) in [6, 6.07) is 9.12. The molecule has 0 saturated heterocycles. The minimum Gasteiger partial charge on any atom is -0.400 e. The van der Waals surface area contributed by atoms with E-state index in [0.717, 1.165) is 12.7 Å². The number of carbonyl (C=O) groups excluding carboxylic acids is 1. The van der Waals surface area contributed by atoms with E-state index in [1.807, 2.05) is 30.3 Å². The summed E-state index contributed by atoms with van der Waals surface area (Å²) in [5, 5.41) is 9.50. The summed E-state index contributed by atoms with van der Waals surface area (Å²) in [7, 11) is 1.00. The fourth-order valence-electron chi connectivity index (χ4n) is 0.785. The van der Waals surface area contributed by atoms with Gasteiger partial charge in [-0.15, -0.1) is 0 Å². The lowest BCUT2D eigenvalue weighted by Crippen LogP contribution is -2.28. The zero-order valence-electron chi connectivity index (χ0n) is 7.53. The number of hydrogen-bond acceptors (Lipinski definition) is 2. The van der Waals surface area contributed by atoms with E-state index in [9.17, 15) is 4.79 Å². The van der Waals surface area contributed by atoms with Crippen molar-refractivity contribution in [3.8, 4) is 0 Å². The van der Waals surface area contributed by atoms with E-state index < -0.39 is 6.03 Å². The Morgan fingerprint density at radius 3 is 2.38 bits per heavy atom. The SMILES string of the molecule is CO.NC(=O)NCc1ccccc1. The molecule has 1 aromatic rings. The number of aliphatic hydroxyl groups excluding tert-OH is 1. The monoisotopic (exact) mass is 182 g/mol. The van der Waals surface area contributed by atoms with E-state index in [-0.39, 0.29) is 0 Å². The summed E-state index contributed by atoms with van der Waals surface area (Å²) in [5.74, 6) is 0. The molecule has 72 valence electrons. The number of nitrogens with one attached hydrogen (secondary N) is 1. The lowest BCUT2D eigenvalue weighted by Gasteiger charge is -1.99. The first kappa shape index (κ1) is 11.4. The van der Waals surface area contributed by atoms with E-state index in [2.05, 4.69) is 5.32 Å². The minimum absolute atomic E-state index is 0.492. The third-order valence-electron chi connectivity index (χ3n) is 1.31. The van der Waals surface area contributed by atoms with E-state index in [4.69, 9.17) is 10.8 Å². The van der Waals surface area contributed by atoms with Gasteiger partial charge in [-0.3, -0.25) is 0 Å². The number of urea groups is 1. The van der Waals surface area contributed by atoms with Crippen molar-refractivity contribution >= 4 is 6.03 Å². The fraction of sp³-hybridized carbons (Fsp3) is 0.222. The molecule has 4 N–H and O–H groups in total. The zero-order chi connectivity index (χ0) is 10.1. The molecule has 0 heterocycles. The van der Waals surface area contributed by atoms with Gasteiger partial charge in [0.05, 0.1) is 0 Å². The second-order valence-electron chi connectivity index (χ2n) is 2.20. The highest BCUT2D eigenvalue weighted by atomic mass is 16.2. The Kier molecular flexibility index (Phi) is 6.27. The van der Waals surface area contributed by atoms with Crippen LogP contribution in [0.2, 0.25) is 0 Å². The smallest absolute Gasteiger partial charge is 0.312 e. The van der Waals surface area contributed by atoms with E-state index >= 15 is 0 Å². The predicted octanol–water partition coefficient (Wildman–Crippen LogP) is 0.463. The van der Waals surface area contributed by atoms with Gasteiger partial charge in [0, 0.05) is 13.7 Å². The minimum atomic E-state index is -0.492. The van der Waals surface area contributed by atoms with Gasteiger partial charge in [-0.1, -0.05) is 30.3 Å². The standard InChI is InChI=1S/C8H10N2O.CH4O/c9-8(11)10-6-7-4-2-1-3-5-7;1-2/h1-5H,6H2,(H3,9,10,11);2H,1H3. The highest BCUT2D eigenvalue weighted by Crippen LogP contribution is 1.96. The van der Waals surface area contributed by atoms with Crippen molar-refractivity contribution in [3.05, 3.63) is 35.9 Å². The summed E-state index contributed by atoms with van der Waals surface area (Å²) in [6.45, 7) is 0.496. The van der Waals surface area contributed by atoms with Crippen molar-refractivity contribution in [2.75, 3.05) is 7.11 Å². The third kappa shape index (κ3) is 5.69. The highest BCUT2D eigenvalue weighted by molar-refractivity contribution is 5.71. The van der Waals surface area contributed by atoms with Crippen molar-refractivity contribution in [3.63, 3.8) is 0 Å². The quantitative estimate of drug-likeness (QED) is 0.621. The van der Waals surface area contributed by atoms with E-state index in [1.165, 1.54) is 0 Å². The Hall–Kier alpha value is -1.55. The van der Waals surface area contributed by atoms with Crippen molar-refractivity contribution in [2.45, 2.75) is 6.54 Å². The molecule has 0 aliphatic heterocycles. The molecular formula is C9H14N2O2. The number of benzene rings is 1. The molecule has 0 fully saturated rings. The lowest BCUT2D eigenvalue weighted by atomic mass is 10.2. The maximum Gasteiger partial charge on any atom is 0.312 e. The summed E-state index contributed by atoms with van der Waals surface area (Å²) >= 11 is 0. The van der Waals surface area contributed by atoms with Crippen LogP contribution in [-0.4, -0.2) is 18.2 Å². The number of aliphatic hydroxyl groups is 1. The van der Waals surface area contributed by atoms with E-state index in [1.54, 1.807) is 0 Å². The van der Waals surface area contributed by atoms with Gasteiger partial charge in [-0.25, -0.2) is 4.79 Å². The molecular weight excluding hydrogens is 168 g/mol. The topological polar surface area (TPSA) is 75.3 Å². The number of rotatable bonds is 2. The largest absolute Gasteiger partial charge is 0.400 e. The molecule has 0 bridgehead atoms.